The van der Waals surface area contributed by atoms with Crippen molar-refractivity contribution in [2.24, 2.45) is 5.73 Å². The van der Waals surface area contributed by atoms with Gasteiger partial charge < -0.3 is 35.1 Å². The molecule has 1 spiro atoms. The van der Waals surface area contributed by atoms with Crippen molar-refractivity contribution in [2.45, 2.75) is 82.5 Å². The number of nitrogens with zero attached hydrogens (tertiary/aromatic N) is 1. The maximum Gasteiger partial charge on any atom is 0.352 e. The molecular formula is C25H34N2O7. The third-order valence-corrected chi connectivity index (χ3v) is 7.82. The van der Waals surface area contributed by atoms with Gasteiger partial charge in [0.1, 0.15) is 17.6 Å². The number of esters is 2. The number of aliphatic hydroxyl groups excluding tert-OH is 1. The summed E-state index contributed by atoms with van der Waals surface area (Å²) >= 11 is 0. The lowest BCUT2D eigenvalue weighted by atomic mass is 9.54. The minimum absolute atomic E-state index is 0.199. The Balaban J connectivity index is 1.76. The van der Waals surface area contributed by atoms with Crippen LogP contribution in [0.4, 0.5) is 0 Å². The molecule has 0 bridgehead atoms. The largest absolute Gasteiger partial charge is 0.481 e. The Morgan fingerprint density at radius 2 is 2.03 bits per heavy atom. The van der Waals surface area contributed by atoms with Gasteiger partial charge in [0.25, 0.3) is 0 Å². The van der Waals surface area contributed by atoms with Crippen LogP contribution >= 0.6 is 0 Å². The molecule has 4 N–H and O–H groups in total. The number of ether oxygens (including phenoxy) is 3. The van der Waals surface area contributed by atoms with Crippen molar-refractivity contribution in [3.05, 3.63) is 40.7 Å². The number of likely N-dealkylation sites (tertiary alicyclic amines) is 1. The molecule has 0 unspecified atom stereocenters. The summed E-state index contributed by atoms with van der Waals surface area (Å²) < 4.78 is 17.3. The highest BCUT2D eigenvalue weighted by Crippen LogP contribution is 2.61. The fraction of sp³-hybridized carbons (Fsp3) is 0.600. The lowest BCUT2D eigenvalue weighted by molar-refractivity contribution is -0.172. The van der Waals surface area contributed by atoms with Gasteiger partial charge in [-0.05, 0) is 59.3 Å². The molecule has 4 rings (SSSR count). The highest BCUT2D eigenvalue weighted by atomic mass is 16.6. The standard InChI is InChI=1S/C25H34N2O7/c1-13-6-7-17(12-28)20-19(13)24-10-11-27(5)16(4)25(24,31)9-8-18(21(24)34-20)33-23(30)15(3)32-22(29)14(2)26/h6-8,14-16,21,28,31H,9-12,26H2,1-5H3/t14-,15-,16+,21-,24-,25+/m0/s1. The van der Waals surface area contributed by atoms with Crippen LogP contribution in [0.1, 0.15) is 50.3 Å². The monoisotopic (exact) mass is 474 g/mol. The number of benzene rings is 1. The van der Waals surface area contributed by atoms with Crippen molar-refractivity contribution >= 4 is 11.9 Å². The molecule has 186 valence electrons. The van der Waals surface area contributed by atoms with Gasteiger partial charge in [0.15, 0.2) is 12.2 Å². The lowest BCUT2D eigenvalue weighted by Gasteiger charge is -2.58. The van der Waals surface area contributed by atoms with Crippen LogP contribution in [-0.4, -0.2) is 70.5 Å². The molecule has 0 aromatic heterocycles. The Morgan fingerprint density at radius 1 is 1.32 bits per heavy atom. The van der Waals surface area contributed by atoms with Crippen LogP contribution in [0.5, 0.6) is 5.75 Å². The van der Waals surface area contributed by atoms with Crippen molar-refractivity contribution in [1.82, 2.24) is 4.90 Å². The van der Waals surface area contributed by atoms with E-state index in [0.29, 0.717) is 24.3 Å². The summed E-state index contributed by atoms with van der Waals surface area (Å²) in [4.78, 5) is 26.8. The summed E-state index contributed by atoms with van der Waals surface area (Å²) in [6, 6.07) is 2.67. The van der Waals surface area contributed by atoms with E-state index in [1.54, 1.807) is 6.08 Å². The number of hydrogen-bond acceptors (Lipinski definition) is 9. The Labute approximate surface area is 199 Å². The number of aryl methyl sites for hydroxylation is 1. The van der Waals surface area contributed by atoms with Gasteiger partial charge in [0.2, 0.25) is 0 Å². The molecule has 0 amide bonds. The highest BCUT2D eigenvalue weighted by Gasteiger charge is 2.69. The minimum atomic E-state index is -1.20. The van der Waals surface area contributed by atoms with Crippen LogP contribution in [0.25, 0.3) is 0 Å². The van der Waals surface area contributed by atoms with Crippen LogP contribution in [0.2, 0.25) is 0 Å². The summed E-state index contributed by atoms with van der Waals surface area (Å²) in [5.41, 5.74) is 5.86. The first kappa shape index (κ1) is 24.7. The average molecular weight is 475 g/mol. The van der Waals surface area contributed by atoms with Gasteiger partial charge in [-0.1, -0.05) is 12.1 Å². The number of carbonyl (C=O) groups excluding carboxylic acids is 2. The third kappa shape index (κ3) is 3.45. The number of rotatable bonds is 5. The van der Waals surface area contributed by atoms with Gasteiger partial charge in [-0.2, -0.15) is 0 Å². The molecule has 0 saturated carbocycles. The molecule has 6 atom stereocenters. The lowest BCUT2D eigenvalue weighted by Crippen LogP contribution is -2.71. The van der Waals surface area contributed by atoms with E-state index in [1.165, 1.54) is 13.8 Å². The molecule has 2 heterocycles. The number of fused-ring (bicyclic) bond motifs is 1. The van der Waals surface area contributed by atoms with Gasteiger partial charge in [0, 0.05) is 23.6 Å². The molecule has 2 aliphatic heterocycles. The zero-order chi connectivity index (χ0) is 25.0. The Kier molecular flexibility index (Phi) is 6.27. The number of nitrogens with two attached hydrogens (primary N) is 1. The average Bonchev–Trinajstić information content (AvgIpc) is 3.16. The number of piperidine rings is 1. The van der Waals surface area contributed by atoms with E-state index in [2.05, 4.69) is 4.90 Å². The smallest absolute Gasteiger partial charge is 0.352 e. The van der Waals surface area contributed by atoms with E-state index in [4.69, 9.17) is 19.9 Å². The van der Waals surface area contributed by atoms with Gasteiger partial charge >= 0.3 is 11.9 Å². The maximum absolute atomic E-state index is 12.8. The molecule has 0 radical (unpaired) electrons. The molecular weight excluding hydrogens is 440 g/mol. The second-order valence-electron chi connectivity index (χ2n) is 9.80. The summed E-state index contributed by atoms with van der Waals surface area (Å²) in [5, 5.41) is 22.2. The molecule has 34 heavy (non-hydrogen) atoms. The van der Waals surface area contributed by atoms with Gasteiger partial charge in [-0.15, -0.1) is 0 Å². The van der Waals surface area contributed by atoms with Crippen molar-refractivity contribution in [2.75, 3.05) is 13.6 Å². The van der Waals surface area contributed by atoms with E-state index in [9.17, 15) is 19.8 Å². The zero-order valence-corrected chi connectivity index (χ0v) is 20.3. The molecule has 1 fully saturated rings. The maximum atomic E-state index is 12.8. The van der Waals surface area contributed by atoms with Crippen molar-refractivity contribution in [3.8, 4) is 5.75 Å². The molecule has 3 aliphatic rings. The molecule has 1 aromatic rings. The Morgan fingerprint density at radius 3 is 2.68 bits per heavy atom. The van der Waals surface area contributed by atoms with Crippen LogP contribution in [0.15, 0.2) is 24.0 Å². The van der Waals surface area contributed by atoms with E-state index in [1.807, 2.05) is 33.0 Å². The fourth-order valence-corrected chi connectivity index (χ4v) is 5.73. The fourth-order valence-electron chi connectivity index (χ4n) is 5.73. The molecule has 1 aliphatic carbocycles. The summed E-state index contributed by atoms with van der Waals surface area (Å²) in [6.07, 6.45) is 0.574. The number of aliphatic hydroxyl groups is 2. The first-order chi connectivity index (χ1) is 16.0. The quantitative estimate of drug-likeness (QED) is 0.536. The van der Waals surface area contributed by atoms with Crippen molar-refractivity contribution < 1.29 is 34.0 Å². The second-order valence-corrected chi connectivity index (χ2v) is 9.80. The summed E-state index contributed by atoms with van der Waals surface area (Å²) in [6.45, 7) is 7.33. The highest BCUT2D eigenvalue weighted by molar-refractivity contribution is 5.82. The minimum Gasteiger partial charge on any atom is -0.481 e. The molecule has 9 heteroatoms. The van der Waals surface area contributed by atoms with E-state index in [-0.39, 0.29) is 24.8 Å². The summed E-state index contributed by atoms with van der Waals surface area (Å²) in [5.74, 6) is -0.650. The van der Waals surface area contributed by atoms with Gasteiger partial charge in [0.05, 0.1) is 17.6 Å². The zero-order valence-electron chi connectivity index (χ0n) is 20.3. The van der Waals surface area contributed by atoms with Crippen LogP contribution < -0.4 is 10.5 Å². The predicted molar refractivity (Wildman–Crippen MR) is 123 cm³/mol. The van der Waals surface area contributed by atoms with E-state index in [0.717, 1.165) is 11.1 Å². The first-order valence-corrected chi connectivity index (χ1v) is 11.7. The molecule has 9 nitrogen and oxygen atoms in total. The summed E-state index contributed by atoms with van der Waals surface area (Å²) in [7, 11) is 1.98. The van der Waals surface area contributed by atoms with Crippen LogP contribution in [-0.2, 0) is 31.1 Å². The topological polar surface area (TPSA) is 132 Å². The Hall–Kier alpha value is -2.46. The number of likely N-dealkylation sites (N-methyl/N-ethyl adjacent to an activating group) is 1. The normalized spacial score (nSPS) is 31.8. The van der Waals surface area contributed by atoms with Gasteiger partial charge in [-0.25, -0.2) is 4.79 Å². The Bertz CT molecular complexity index is 1040. The predicted octanol–water partition coefficient (Wildman–Crippen LogP) is 1.05. The van der Waals surface area contributed by atoms with Crippen LogP contribution in [0, 0.1) is 6.92 Å². The van der Waals surface area contributed by atoms with E-state index < -0.39 is 41.2 Å². The van der Waals surface area contributed by atoms with Crippen molar-refractivity contribution in [3.63, 3.8) is 0 Å². The van der Waals surface area contributed by atoms with Crippen molar-refractivity contribution in [1.29, 1.82) is 0 Å². The molecule has 1 saturated heterocycles. The molecule has 1 aromatic carbocycles. The number of carbonyl (C=O) groups is 2. The SMILES string of the molecule is Cc1ccc(CO)c2c1[C@]13CCN(C)[C@H](C)[C@]1(O)CC=C(OC(=O)[C@H](C)OC(=O)[C@H](C)N)[C@@H]3O2. The van der Waals surface area contributed by atoms with Gasteiger partial charge in [-0.3, -0.25) is 4.79 Å². The van der Waals surface area contributed by atoms with Crippen LogP contribution in [0.3, 0.4) is 0 Å². The van der Waals surface area contributed by atoms with E-state index >= 15 is 0 Å². The number of hydrogen-bond donors (Lipinski definition) is 3. The first-order valence-electron chi connectivity index (χ1n) is 11.7. The third-order valence-electron chi connectivity index (χ3n) is 7.82. The second kappa shape index (κ2) is 8.64.